The van der Waals surface area contributed by atoms with Crippen LogP contribution in [0.3, 0.4) is 0 Å². The third-order valence-corrected chi connectivity index (χ3v) is 2.81. The van der Waals surface area contributed by atoms with Crippen molar-refractivity contribution >= 4 is 0 Å². The molecule has 0 aliphatic heterocycles. The summed E-state index contributed by atoms with van der Waals surface area (Å²) in [5, 5.41) is 3.38. The van der Waals surface area contributed by atoms with Gasteiger partial charge in [0.2, 0.25) is 0 Å². The van der Waals surface area contributed by atoms with Gasteiger partial charge in [-0.1, -0.05) is 19.3 Å². The van der Waals surface area contributed by atoms with E-state index in [4.69, 9.17) is 4.74 Å². The molecule has 1 unspecified atom stereocenters. The molecule has 1 atom stereocenters. The zero-order valence-corrected chi connectivity index (χ0v) is 9.35. The van der Waals surface area contributed by atoms with Crippen molar-refractivity contribution in [3.8, 4) is 0 Å². The average molecular weight is 221 g/mol. The van der Waals surface area contributed by atoms with Gasteiger partial charge >= 0.3 is 0 Å². The Balaban J connectivity index is 2.02. The Morgan fingerprint density at radius 3 is 2.53 bits per heavy atom. The fraction of sp³-hybridized carbons (Fsp3) is 1.00. The van der Waals surface area contributed by atoms with Crippen LogP contribution in [0.4, 0.5) is 8.78 Å². The van der Waals surface area contributed by atoms with Gasteiger partial charge in [-0.15, -0.1) is 0 Å². The highest BCUT2D eigenvalue weighted by atomic mass is 19.3. The monoisotopic (exact) mass is 221 g/mol. The summed E-state index contributed by atoms with van der Waals surface area (Å²) in [5.74, 6) is 0. The second-order valence-electron chi connectivity index (χ2n) is 4.28. The topological polar surface area (TPSA) is 21.3 Å². The largest absolute Gasteiger partial charge is 0.371 e. The van der Waals surface area contributed by atoms with Gasteiger partial charge in [0.15, 0.2) is 0 Å². The van der Waals surface area contributed by atoms with Crippen LogP contribution < -0.4 is 5.32 Å². The summed E-state index contributed by atoms with van der Waals surface area (Å²) in [4.78, 5) is 0. The molecule has 0 aromatic carbocycles. The highest BCUT2D eigenvalue weighted by molar-refractivity contribution is 4.72. The molecule has 1 aliphatic carbocycles. The Morgan fingerprint density at radius 2 is 1.93 bits per heavy atom. The molecule has 90 valence electrons. The molecule has 1 rings (SSSR count). The summed E-state index contributed by atoms with van der Waals surface area (Å²) in [5.41, 5.74) is 0. The summed E-state index contributed by atoms with van der Waals surface area (Å²) in [6.45, 7) is 2.06. The molecule has 0 aromatic heterocycles. The number of ether oxygens (including phenoxy) is 1. The molecule has 2 nitrogen and oxygen atoms in total. The van der Waals surface area contributed by atoms with Gasteiger partial charge in [0.25, 0.3) is 6.43 Å². The quantitative estimate of drug-likeness (QED) is 0.744. The van der Waals surface area contributed by atoms with Crippen LogP contribution in [-0.2, 0) is 4.74 Å². The first-order chi connectivity index (χ1) is 7.18. The first kappa shape index (κ1) is 12.8. The number of nitrogens with one attached hydrogen (secondary N) is 1. The van der Waals surface area contributed by atoms with Crippen LogP contribution in [0.25, 0.3) is 0 Å². The van der Waals surface area contributed by atoms with E-state index in [1.165, 1.54) is 32.1 Å². The molecule has 0 amide bonds. The van der Waals surface area contributed by atoms with Crippen molar-refractivity contribution in [3.63, 3.8) is 0 Å². The standard InChI is InChI=1S/C11H21F2NO/c1-9(15-8-11(12)13)7-14-10-5-3-2-4-6-10/h9-11,14H,2-8H2,1H3. The van der Waals surface area contributed by atoms with E-state index in [9.17, 15) is 8.78 Å². The molecule has 1 aliphatic rings. The molecule has 1 N–H and O–H groups in total. The molecule has 4 heteroatoms. The van der Waals surface area contributed by atoms with E-state index in [-0.39, 0.29) is 6.10 Å². The number of halogens is 2. The van der Waals surface area contributed by atoms with E-state index in [0.29, 0.717) is 12.6 Å². The minimum absolute atomic E-state index is 0.124. The number of hydrogen-bond acceptors (Lipinski definition) is 2. The summed E-state index contributed by atoms with van der Waals surface area (Å²) in [6, 6.07) is 0.566. The normalized spacial score (nSPS) is 20.8. The van der Waals surface area contributed by atoms with Crippen LogP contribution >= 0.6 is 0 Å². The van der Waals surface area contributed by atoms with E-state index >= 15 is 0 Å². The fourth-order valence-electron chi connectivity index (χ4n) is 1.94. The van der Waals surface area contributed by atoms with E-state index < -0.39 is 13.0 Å². The van der Waals surface area contributed by atoms with Crippen molar-refractivity contribution in [1.29, 1.82) is 0 Å². The highest BCUT2D eigenvalue weighted by Gasteiger charge is 2.14. The average Bonchev–Trinajstić information content (AvgIpc) is 2.25. The Kier molecular flexibility index (Phi) is 6.10. The second kappa shape index (κ2) is 7.12. The van der Waals surface area contributed by atoms with Gasteiger partial charge in [-0.2, -0.15) is 0 Å². The predicted octanol–water partition coefficient (Wildman–Crippen LogP) is 2.58. The van der Waals surface area contributed by atoms with Gasteiger partial charge in [0, 0.05) is 12.6 Å². The van der Waals surface area contributed by atoms with Crippen molar-refractivity contribution in [2.24, 2.45) is 0 Å². The summed E-state index contributed by atoms with van der Waals surface area (Å²) in [6.07, 6.45) is 3.83. The smallest absolute Gasteiger partial charge is 0.261 e. The summed E-state index contributed by atoms with van der Waals surface area (Å²) < 4.78 is 28.7. The minimum Gasteiger partial charge on any atom is -0.371 e. The van der Waals surface area contributed by atoms with Gasteiger partial charge in [0.1, 0.15) is 6.61 Å². The fourth-order valence-corrected chi connectivity index (χ4v) is 1.94. The lowest BCUT2D eigenvalue weighted by Crippen LogP contribution is -2.37. The zero-order chi connectivity index (χ0) is 11.1. The molecular weight excluding hydrogens is 200 g/mol. The Morgan fingerprint density at radius 1 is 1.27 bits per heavy atom. The lowest BCUT2D eigenvalue weighted by Gasteiger charge is -2.24. The van der Waals surface area contributed by atoms with Gasteiger partial charge in [-0.25, -0.2) is 8.78 Å². The van der Waals surface area contributed by atoms with Crippen molar-refractivity contribution < 1.29 is 13.5 Å². The maximum absolute atomic E-state index is 11.8. The van der Waals surface area contributed by atoms with Gasteiger partial charge in [0.05, 0.1) is 6.10 Å². The van der Waals surface area contributed by atoms with Crippen molar-refractivity contribution in [2.75, 3.05) is 13.2 Å². The summed E-state index contributed by atoms with van der Waals surface area (Å²) in [7, 11) is 0. The van der Waals surface area contributed by atoms with Crippen LogP contribution in [0.2, 0.25) is 0 Å². The second-order valence-corrected chi connectivity index (χ2v) is 4.28. The molecule has 15 heavy (non-hydrogen) atoms. The van der Waals surface area contributed by atoms with Crippen molar-refractivity contribution in [2.45, 2.75) is 57.6 Å². The maximum atomic E-state index is 11.8. The number of hydrogen-bond donors (Lipinski definition) is 1. The lowest BCUT2D eigenvalue weighted by molar-refractivity contribution is -0.0174. The Hall–Kier alpha value is -0.220. The Bertz CT molecular complexity index is 161. The van der Waals surface area contributed by atoms with Crippen molar-refractivity contribution in [1.82, 2.24) is 5.32 Å². The third-order valence-electron chi connectivity index (χ3n) is 2.81. The SMILES string of the molecule is CC(CNC1CCCCC1)OCC(F)F. The third kappa shape index (κ3) is 6.05. The van der Waals surface area contributed by atoms with E-state index in [1.54, 1.807) is 0 Å². The van der Waals surface area contributed by atoms with Gasteiger partial charge < -0.3 is 10.1 Å². The molecule has 0 bridgehead atoms. The molecule has 1 fully saturated rings. The molecule has 0 aromatic rings. The van der Waals surface area contributed by atoms with Crippen molar-refractivity contribution in [3.05, 3.63) is 0 Å². The van der Waals surface area contributed by atoms with E-state index in [0.717, 1.165) is 0 Å². The predicted molar refractivity (Wildman–Crippen MR) is 56.3 cm³/mol. The van der Waals surface area contributed by atoms with E-state index in [2.05, 4.69) is 5.32 Å². The minimum atomic E-state index is -2.36. The maximum Gasteiger partial charge on any atom is 0.261 e. The van der Waals surface area contributed by atoms with Crippen LogP contribution in [0, 0.1) is 0 Å². The van der Waals surface area contributed by atoms with Crippen LogP contribution in [0.5, 0.6) is 0 Å². The van der Waals surface area contributed by atoms with Crippen LogP contribution in [0.15, 0.2) is 0 Å². The molecule has 0 spiro atoms. The summed E-state index contributed by atoms with van der Waals surface area (Å²) >= 11 is 0. The van der Waals surface area contributed by atoms with Crippen LogP contribution in [-0.4, -0.2) is 31.7 Å². The number of alkyl halides is 2. The van der Waals surface area contributed by atoms with E-state index in [1.807, 2.05) is 6.92 Å². The van der Waals surface area contributed by atoms with Gasteiger partial charge in [-0.3, -0.25) is 0 Å². The molecular formula is C11H21F2NO. The first-order valence-electron chi connectivity index (χ1n) is 5.81. The highest BCUT2D eigenvalue weighted by Crippen LogP contribution is 2.17. The number of rotatable bonds is 6. The first-order valence-corrected chi connectivity index (χ1v) is 5.81. The molecule has 0 heterocycles. The zero-order valence-electron chi connectivity index (χ0n) is 9.35. The molecule has 0 saturated heterocycles. The van der Waals surface area contributed by atoms with Gasteiger partial charge in [-0.05, 0) is 19.8 Å². The molecule has 0 radical (unpaired) electrons. The molecule has 1 saturated carbocycles. The lowest BCUT2D eigenvalue weighted by atomic mass is 9.95. The van der Waals surface area contributed by atoms with Crippen LogP contribution in [0.1, 0.15) is 39.0 Å². The Labute approximate surface area is 90.4 Å².